The first-order valence-electron chi connectivity index (χ1n) is 6.88. The van der Waals surface area contributed by atoms with E-state index < -0.39 is 10.0 Å². The van der Waals surface area contributed by atoms with E-state index >= 15 is 0 Å². The molecule has 1 aromatic rings. The summed E-state index contributed by atoms with van der Waals surface area (Å²) in [4.78, 5) is 15.6. The number of anilines is 1. The number of carbonyl (C=O) groups excluding carboxylic acids is 1. The van der Waals surface area contributed by atoms with Crippen LogP contribution in [0.3, 0.4) is 0 Å². The number of carbonyl (C=O) groups is 1. The molecule has 0 fully saturated rings. The van der Waals surface area contributed by atoms with Gasteiger partial charge in [-0.3, -0.25) is 4.79 Å². The van der Waals surface area contributed by atoms with E-state index in [4.69, 9.17) is 5.73 Å². The van der Waals surface area contributed by atoms with Gasteiger partial charge in [0.25, 0.3) is 10.0 Å². The molecular weight excluding hydrogens is 294 g/mol. The number of imidazole rings is 1. The lowest BCUT2D eigenvalue weighted by Gasteiger charge is -2.21. The topological polar surface area (TPSA) is 110 Å². The average molecular weight is 317 g/mol. The molecule has 21 heavy (non-hydrogen) atoms. The fourth-order valence-corrected chi connectivity index (χ4v) is 3.57. The molecule has 1 heterocycles. The molecule has 0 aliphatic heterocycles. The van der Waals surface area contributed by atoms with Crippen molar-refractivity contribution in [2.75, 3.05) is 25.4 Å². The minimum Gasteiger partial charge on any atom is -0.381 e. The number of aromatic nitrogens is 2. The number of hydrogen-bond donors (Lipinski definition) is 2. The molecule has 0 aliphatic rings. The number of nitrogens with two attached hydrogens (primary N) is 1. The second-order valence-corrected chi connectivity index (χ2v) is 6.59. The van der Waals surface area contributed by atoms with Crippen LogP contribution < -0.4 is 11.1 Å². The molecule has 0 unspecified atom stereocenters. The van der Waals surface area contributed by atoms with Gasteiger partial charge in [0, 0.05) is 20.1 Å². The largest absolute Gasteiger partial charge is 0.381 e. The molecule has 120 valence electrons. The standard InChI is InChI=1S/C12H23N5O3S/c1-4-6-14-10(18)8-17(7-5-2)21(19,20)12-11(13)15-9-16(12)3/h9H,4-8,13H2,1-3H3,(H,14,18). The van der Waals surface area contributed by atoms with Crippen LogP contribution in [-0.2, 0) is 21.9 Å². The highest BCUT2D eigenvalue weighted by Crippen LogP contribution is 2.20. The van der Waals surface area contributed by atoms with Crippen molar-refractivity contribution in [3.8, 4) is 0 Å². The van der Waals surface area contributed by atoms with Crippen molar-refractivity contribution in [2.45, 2.75) is 31.7 Å². The Hall–Kier alpha value is -1.61. The maximum atomic E-state index is 12.6. The highest BCUT2D eigenvalue weighted by atomic mass is 32.2. The molecule has 0 bridgehead atoms. The van der Waals surface area contributed by atoms with Gasteiger partial charge < -0.3 is 15.6 Å². The SMILES string of the molecule is CCCNC(=O)CN(CCC)S(=O)(=O)c1c(N)ncn1C. The van der Waals surface area contributed by atoms with Gasteiger partial charge in [-0.1, -0.05) is 13.8 Å². The summed E-state index contributed by atoms with van der Waals surface area (Å²) in [5.41, 5.74) is 5.63. The maximum Gasteiger partial charge on any atom is 0.262 e. The first-order valence-corrected chi connectivity index (χ1v) is 8.32. The minimum atomic E-state index is -3.85. The van der Waals surface area contributed by atoms with E-state index in [1.165, 1.54) is 10.9 Å². The third kappa shape index (κ3) is 4.18. The number of sulfonamides is 1. The number of rotatable bonds is 8. The van der Waals surface area contributed by atoms with Crippen LogP contribution in [-0.4, -0.2) is 47.8 Å². The van der Waals surface area contributed by atoms with Crippen LogP contribution in [0.5, 0.6) is 0 Å². The van der Waals surface area contributed by atoms with Crippen molar-refractivity contribution in [2.24, 2.45) is 7.05 Å². The van der Waals surface area contributed by atoms with Gasteiger partial charge in [-0.25, -0.2) is 13.4 Å². The lowest BCUT2D eigenvalue weighted by atomic mass is 10.4. The fraction of sp³-hybridized carbons (Fsp3) is 0.667. The Balaban J connectivity index is 3.01. The second kappa shape index (κ2) is 7.41. The molecule has 1 rings (SSSR count). The summed E-state index contributed by atoms with van der Waals surface area (Å²) < 4.78 is 27.8. The Morgan fingerprint density at radius 1 is 1.43 bits per heavy atom. The number of nitrogens with one attached hydrogen (secondary N) is 1. The zero-order chi connectivity index (χ0) is 16.0. The summed E-state index contributed by atoms with van der Waals surface area (Å²) >= 11 is 0. The van der Waals surface area contributed by atoms with Crippen LogP contribution in [0, 0.1) is 0 Å². The summed E-state index contributed by atoms with van der Waals surface area (Å²) in [7, 11) is -2.30. The third-order valence-electron chi connectivity index (χ3n) is 2.86. The van der Waals surface area contributed by atoms with Crippen molar-refractivity contribution < 1.29 is 13.2 Å². The van der Waals surface area contributed by atoms with Crippen molar-refractivity contribution >= 4 is 21.7 Å². The van der Waals surface area contributed by atoms with E-state index in [0.29, 0.717) is 13.0 Å². The maximum absolute atomic E-state index is 12.6. The first kappa shape index (κ1) is 17.4. The molecule has 8 nitrogen and oxygen atoms in total. The molecule has 0 radical (unpaired) electrons. The Bertz CT molecular complexity index is 562. The van der Waals surface area contributed by atoms with Gasteiger partial charge in [-0.15, -0.1) is 0 Å². The Labute approximate surface area is 125 Å². The van der Waals surface area contributed by atoms with E-state index in [0.717, 1.165) is 10.7 Å². The summed E-state index contributed by atoms with van der Waals surface area (Å²) in [5.74, 6) is -0.387. The number of nitrogens with zero attached hydrogens (tertiary/aromatic N) is 3. The lowest BCUT2D eigenvalue weighted by molar-refractivity contribution is -0.121. The average Bonchev–Trinajstić information content (AvgIpc) is 2.75. The third-order valence-corrected chi connectivity index (χ3v) is 4.84. The van der Waals surface area contributed by atoms with Crippen LogP contribution in [0.15, 0.2) is 11.4 Å². The molecule has 1 aromatic heterocycles. The zero-order valence-electron chi connectivity index (χ0n) is 12.7. The number of hydrogen-bond acceptors (Lipinski definition) is 5. The van der Waals surface area contributed by atoms with Gasteiger partial charge in [0.1, 0.15) is 0 Å². The monoisotopic (exact) mass is 317 g/mol. The van der Waals surface area contributed by atoms with E-state index in [1.807, 2.05) is 13.8 Å². The molecule has 1 amide bonds. The Morgan fingerprint density at radius 3 is 2.57 bits per heavy atom. The van der Waals surface area contributed by atoms with Crippen LogP contribution in [0.25, 0.3) is 0 Å². The van der Waals surface area contributed by atoms with Crippen molar-refractivity contribution in [1.29, 1.82) is 0 Å². The molecule has 9 heteroatoms. The number of aryl methyl sites for hydroxylation is 1. The highest BCUT2D eigenvalue weighted by Gasteiger charge is 2.30. The van der Waals surface area contributed by atoms with Gasteiger partial charge in [0.05, 0.1) is 12.9 Å². The van der Waals surface area contributed by atoms with E-state index in [1.54, 1.807) is 7.05 Å². The molecule has 0 aliphatic carbocycles. The van der Waals surface area contributed by atoms with Crippen LogP contribution in [0.4, 0.5) is 5.82 Å². The van der Waals surface area contributed by atoms with Crippen molar-refractivity contribution in [1.82, 2.24) is 19.2 Å². The molecule has 0 spiro atoms. The lowest BCUT2D eigenvalue weighted by Crippen LogP contribution is -2.41. The zero-order valence-corrected chi connectivity index (χ0v) is 13.5. The summed E-state index contributed by atoms with van der Waals surface area (Å²) in [6, 6.07) is 0. The van der Waals surface area contributed by atoms with Gasteiger partial charge >= 0.3 is 0 Å². The predicted octanol–water partition coefficient (Wildman–Crippen LogP) is -0.0708. The predicted molar refractivity (Wildman–Crippen MR) is 80.0 cm³/mol. The quantitative estimate of drug-likeness (QED) is 0.697. The Kier molecular flexibility index (Phi) is 6.16. The van der Waals surface area contributed by atoms with Crippen molar-refractivity contribution in [3.05, 3.63) is 6.33 Å². The van der Waals surface area contributed by atoms with Gasteiger partial charge in [-0.2, -0.15) is 4.31 Å². The smallest absolute Gasteiger partial charge is 0.262 e. The molecule has 0 aromatic carbocycles. The molecule has 3 N–H and O–H groups in total. The summed E-state index contributed by atoms with van der Waals surface area (Å²) in [6.45, 7) is 4.32. The molecule has 0 saturated heterocycles. The molecule has 0 atom stereocenters. The van der Waals surface area contributed by atoms with Gasteiger partial charge in [0.15, 0.2) is 10.8 Å². The highest BCUT2D eigenvalue weighted by molar-refractivity contribution is 7.89. The number of nitrogen functional groups attached to an aromatic ring is 1. The van der Waals surface area contributed by atoms with Gasteiger partial charge in [0.2, 0.25) is 5.91 Å². The van der Waals surface area contributed by atoms with Crippen molar-refractivity contribution in [3.63, 3.8) is 0 Å². The van der Waals surface area contributed by atoms with Crippen LogP contribution in [0.2, 0.25) is 0 Å². The van der Waals surface area contributed by atoms with Crippen LogP contribution in [0.1, 0.15) is 26.7 Å². The normalized spacial score (nSPS) is 11.8. The Morgan fingerprint density at radius 2 is 2.10 bits per heavy atom. The fourth-order valence-electron chi connectivity index (χ4n) is 1.89. The summed E-state index contributed by atoms with van der Waals surface area (Å²) in [5, 5.41) is 2.59. The summed E-state index contributed by atoms with van der Waals surface area (Å²) in [6.07, 6.45) is 2.72. The minimum absolute atomic E-state index is 0.0624. The van der Waals surface area contributed by atoms with Gasteiger partial charge in [-0.05, 0) is 12.8 Å². The molecular formula is C12H23N5O3S. The van der Waals surface area contributed by atoms with E-state index in [9.17, 15) is 13.2 Å². The second-order valence-electron chi connectivity index (χ2n) is 4.73. The van der Waals surface area contributed by atoms with E-state index in [2.05, 4.69) is 10.3 Å². The number of amides is 1. The first-order chi connectivity index (χ1) is 9.84. The van der Waals surface area contributed by atoms with E-state index in [-0.39, 0.29) is 29.8 Å². The molecule has 0 saturated carbocycles. The van der Waals surface area contributed by atoms with Crippen LogP contribution >= 0.6 is 0 Å².